The molecule has 0 saturated carbocycles. The molecule has 20 heavy (non-hydrogen) atoms. The van der Waals surface area contributed by atoms with E-state index in [0.717, 1.165) is 12.1 Å². The predicted molar refractivity (Wildman–Crippen MR) is 77.2 cm³/mol. The van der Waals surface area contributed by atoms with Crippen LogP contribution in [0.4, 0.5) is 11.4 Å². The van der Waals surface area contributed by atoms with Gasteiger partial charge in [0.15, 0.2) is 0 Å². The lowest BCUT2D eigenvalue weighted by Gasteiger charge is -2.11. The quantitative estimate of drug-likeness (QED) is 0.356. The third-order valence-corrected chi connectivity index (χ3v) is 4.42. The molecule has 0 unspecified atom stereocenters. The minimum Gasteiger partial charge on any atom is -0.258 e. The molecule has 1 aromatic rings. The molecule has 1 aromatic carbocycles. The van der Waals surface area contributed by atoms with Gasteiger partial charge >= 0.3 is 7.68 Å². The molecule has 0 bridgehead atoms. The molecule has 0 fully saturated rings. The van der Waals surface area contributed by atoms with Gasteiger partial charge in [0.05, 0.1) is 15.9 Å². The lowest BCUT2D eigenvalue weighted by atomic mass is 10.1. The average Bonchev–Trinajstić information content (AvgIpc) is 2.37. The highest BCUT2D eigenvalue weighted by atomic mass is 32.1. The minimum absolute atomic E-state index is 0.0520. The Hall–Kier alpha value is -1.38. The highest BCUT2D eigenvalue weighted by Gasteiger charge is 2.25. The first kappa shape index (κ1) is 16.7. The molecule has 8 nitrogen and oxygen atoms in total. The Kier molecular flexibility index (Phi) is 5.73. The van der Waals surface area contributed by atoms with Crippen molar-refractivity contribution in [3.63, 3.8) is 0 Å². The molecule has 0 radical (unpaired) electrons. The molecule has 0 spiro atoms. The van der Waals surface area contributed by atoms with Gasteiger partial charge in [0.25, 0.3) is 11.4 Å². The Morgan fingerprint density at radius 2 is 1.75 bits per heavy atom. The molecule has 0 heterocycles. The average molecular weight is 336 g/mol. The lowest BCUT2D eigenvalue weighted by Crippen LogP contribution is -2.03. The second-order valence-corrected chi connectivity index (χ2v) is 6.62. The van der Waals surface area contributed by atoms with Crippen LogP contribution in [0.1, 0.15) is 17.2 Å². The number of non-ortho nitro benzene ring substituents is 1. The van der Waals surface area contributed by atoms with Gasteiger partial charge in [0, 0.05) is 16.9 Å². The summed E-state index contributed by atoms with van der Waals surface area (Å²) in [6.45, 7) is 0. The topological polar surface area (TPSA) is 120 Å². The van der Waals surface area contributed by atoms with Gasteiger partial charge in [-0.2, -0.15) is 25.3 Å². The van der Waals surface area contributed by atoms with Crippen molar-refractivity contribution in [3.05, 3.63) is 44.0 Å². The number of benzene rings is 1. The van der Waals surface area contributed by atoms with Crippen LogP contribution in [-0.4, -0.2) is 14.8 Å². The number of rotatable bonds is 6. The fourth-order valence-electron chi connectivity index (χ4n) is 1.50. The van der Waals surface area contributed by atoms with Crippen molar-refractivity contribution in [2.75, 3.05) is 0 Å². The third kappa shape index (κ3) is 4.06. The van der Waals surface area contributed by atoms with Crippen LogP contribution in [-0.2, 0) is 9.13 Å². The van der Waals surface area contributed by atoms with Crippen LogP contribution >= 0.6 is 32.9 Å². The van der Waals surface area contributed by atoms with E-state index in [1.807, 2.05) is 0 Å². The lowest BCUT2D eigenvalue weighted by molar-refractivity contribution is -0.394. The maximum atomic E-state index is 10.9. The van der Waals surface area contributed by atoms with Gasteiger partial charge in [-0.3, -0.25) is 20.2 Å². The maximum Gasteiger partial charge on any atom is 0.328 e. The first-order chi connectivity index (χ1) is 9.23. The van der Waals surface area contributed by atoms with E-state index in [4.69, 9.17) is 0 Å². The van der Waals surface area contributed by atoms with Crippen molar-refractivity contribution in [3.8, 4) is 0 Å². The van der Waals surface area contributed by atoms with Crippen LogP contribution in [0.5, 0.6) is 0 Å². The number of nitro benzene ring substituents is 2. The monoisotopic (exact) mass is 336 g/mol. The normalized spacial score (nSPS) is 13.5. The second-order valence-electron chi connectivity index (χ2n) is 3.77. The van der Waals surface area contributed by atoms with E-state index in [-0.39, 0.29) is 12.0 Å². The van der Waals surface area contributed by atoms with Crippen molar-refractivity contribution in [2.45, 2.75) is 16.7 Å². The molecule has 0 aliphatic heterocycles. The summed E-state index contributed by atoms with van der Waals surface area (Å²) in [5.41, 5.74) is -0.779. The molecule has 1 rings (SSSR count). The van der Waals surface area contributed by atoms with Crippen LogP contribution in [0.2, 0.25) is 0 Å². The smallest absolute Gasteiger partial charge is 0.258 e. The Morgan fingerprint density at radius 3 is 2.20 bits per heavy atom. The number of hydrogen-bond acceptors (Lipinski definition) is 8. The summed E-state index contributed by atoms with van der Waals surface area (Å²) in [5.74, 6) is 0. The van der Waals surface area contributed by atoms with Crippen LogP contribution in [0.3, 0.4) is 0 Å². The second kappa shape index (κ2) is 6.87. The summed E-state index contributed by atoms with van der Waals surface area (Å²) in [6, 6.07) is 3.13. The summed E-state index contributed by atoms with van der Waals surface area (Å²) in [7, 11) is -2.79. The van der Waals surface area contributed by atoms with Gasteiger partial charge in [-0.1, -0.05) is 0 Å². The Labute approximate surface area is 124 Å². The number of nitro groups is 2. The zero-order valence-corrected chi connectivity index (χ0v) is 12.5. The molecule has 0 saturated heterocycles. The van der Waals surface area contributed by atoms with Crippen LogP contribution in [0, 0.1) is 20.2 Å². The highest BCUT2D eigenvalue weighted by Crippen LogP contribution is 2.38. The number of thiol groups is 2. The fourth-order valence-corrected chi connectivity index (χ4v) is 2.85. The zero-order valence-electron chi connectivity index (χ0n) is 9.78. The molecular formula is C9H9N2O6PS2. The molecule has 108 valence electrons. The number of hydrogen-bond donors (Lipinski definition) is 2. The van der Waals surface area contributed by atoms with Crippen molar-refractivity contribution in [2.24, 2.45) is 0 Å². The summed E-state index contributed by atoms with van der Waals surface area (Å²) in [4.78, 5) is 19.0. The first-order valence-corrected chi connectivity index (χ1v) is 7.44. The van der Waals surface area contributed by atoms with E-state index in [1.54, 1.807) is 0 Å². The van der Waals surface area contributed by atoms with E-state index >= 15 is 0 Å². The molecule has 11 heteroatoms. The van der Waals surface area contributed by atoms with E-state index in [0.29, 0.717) is 0 Å². The van der Waals surface area contributed by atoms with Crippen LogP contribution < -0.4 is 0 Å². The Bertz CT molecular complexity index is 612. The molecule has 0 amide bonds. The fraction of sp³-hybridized carbons (Fsp3) is 0.333. The van der Waals surface area contributed by atoms with Crippen LogP contribution in [0.15, 0.2) is 18.2 Å². The van der Waals surface area contributed by atoms with E-state index < -0.39 is 39.1 Å². The minimum atomic E-state index is -2.79. The van der Waals surface area contributed by atoms with E-state index in [2.05, 4.69) is 25.3 Å². The van der Waals surface area contributed by atoms with Gasteiger partial charge in [-0.05, 0) is 12.5 Å². The van der Waals surface area contributed by atoms with E-state index in [1.165, 1.54) is 6.07 Å². The number of nitrogens with zero attached hydrogens (tertiary/aromatic N) is 2. The molecule has 0 aliphatic carbocycles. The summed E-state index contributed by atoms with van der Waals surface area (Å²) in [6.07, 6.45) is -0.0520. The third-order valence-electron chi connectivity index (χ3n) is 2.46. The van der Waals surface area contributed by atoms with Gasteiger partial charge in [-0.15, -0.1) is 0 Å². The highest BCUT2D eigenvalue weighted by molar-refractivity contribution is 7.86. The van der Waals surface area contributed by atoms with Crippen molar-refractivity contribution >= 4 is 44.3 Å². The van der Waals surface area contributed by atoms with E-state index in [9.17, 15) is 29.4 Å². The summed E-state index contributed by atoms with van der Waals surface area (Å²) >= 11 is 7.94. The molecular weight excluding hydrogens is 327 g/mol. The summed E-state index contributed by atoms with van der Waals surface area (Å²) < 4.78 is 21.5. The van der Waals surface area contributed by atoms with Gasteiger partial charge in [-0.25, -0.2) is 9.13 Å². The SMILES string of the molecule is O=[N+]([O-])c1ccc([C@@H](S)C[C@H](S)P(=O)=O)c([N+](=O)[O-])c1. The van der Waals surface area contributed by atoms with Crippen molar-refractivity contribution < 1.29 is 19.0 Å². The Balaban J connectivity index is 3.17. The van der Waals surface area contributed by atoms with Gasteiger partial charge in [0.2, 0.25) is 0 Å². The zero-order chi connectivity index (χ0) is 15.4. The molecule has 0 aliphatic rings. The molecule has 0 N–H and O–H groups in total. The summed E-state index contributed by atoms with van der Waals surface area (Å²) in [5, 5.41) is 20.8. The standard InChI is InChI=1S/C9H9N2O6PS2/c12-10(13)5-1-2-6(7(3-5)11(14)15)8(19)4-9(20)18(16)17/h1-3,8-9,19-20H,4H2/t8-,9-/m0/s1. The largest absolute Gasteiger partial charge is 0.328 e. The Morgan fingerprint density at radius 1 is 1.15 bits per heavy atom. The van der Waals surface area contributed by atoms with Gasteiger partial charge < -0.3 is 0 Å². The predicted octanol–water partition coefficient (Wildman–Crippen LogP) is 3.29. The van der Waals surface area contributed by atoms with Crippen molar-refractivity contribution in [1.29, 1.82) is 0 Å². The van der Waals surface area contributed by atoms with Gasteiger partial charge in [0.1, 0.15) is 4.99 Å². The van der Waals surface area contributed by atoms with Crippen LogP contribution in [0.25, 0.3) is 0 Å². The first-order valence-electron chi connectivity index (χ1n) is 5.16. The maximum absolute atomic E-state index is 10.9. The molecule has 0 aromatic heterocycles. The van der Waals surface area contributed by atoms with Crippen molar-refractivity contribution in [1.82, 2.24) is 0 Å². The molecule has 2 atom stereocenters.